The van der Waals surface area contributed by atoms with E-state index in [2.05, 4.69) is 35.7 Å². The van der Waals surface area contributed by atoms with Gasteiger partial charge in [0.05, 0.1) is 25.8 Å². The van der Waals surface area contributed by atoms with Crippen molar-refractivity contribution in [3.05, 3.63) is 83.9 Å². The first-order chi connectivity index (χ1) is 17.5. The van der Waals surface area contributed by atoms with E-state index in [1.807, 2.05) is 42.5 Å². The van der Waals surface area contributed by atoms with Gasteiger partial charge in [-0.2, -0.15) is 0 Å². The van der Waals surface area contributed by atoms with Crippen LogP contribution in [0.1, 0.15) is 42.9 Å². The summed E-state index contributed by atoms with van der Waals surface area (Å²) in [5.74, 6) is 2.26. The third-order valence-electron chi connectivity index (χ3n) is 6.91. The zero-order chi connectivity index (χ0) is 25.5. The van der Waals surface area contributed by atoms with E-state index in [0.29, 0.717) is 30.4 Å². The molecule has 1 aliphatic rings. The maximum absolute atomic E-state index is 12.2. The van der Waals surface area contributed by atoms with Crippen molar-refractivity contribution >= 4 is 11.9 Å². The fraction of sp³-hybridized carbons (Fsp3) is 0.323. The highest BCUT2D eigenvalue weighted by Gasteiger charge is 2.28. The molecule has 0 bridgehead atoms. The summed E-state index contributed by atoms with van der Waals surface area (Å²) >= 11 is 0. The Morgan fingerprint density at radius 3 is 2.39 bits per heavy atom. The standard InChI is InChI=1S/C31H35NO4/c1-5-26-24(14-11-15-27(26)23-12-7-6-8-13-23)21-36-25-18-30(34-3)28(31(19-25)35-4)20-32-17-10-9-16-29(32)22(2)33/h5-8,11-15,18-19,29H,1,9-10,16-17,20-21H2,2-4H3. The minimum atomic E-state index is -0.0571. The predicted octanol–water partition coefficient (Wildman–Crippen LogP) is 6.54. The van der Waals surface area contributed by atoms with Crippen molar-refractivity contribution in [1.82, 2.24) is 4.90 Å². The normalized spacial score (nSPS) is 15.8. The van der Waals surface area contributed by atoms with Gasteiger partial charge in [-0.25, -0.2) is 0 Å². The zero-order valence-corrected chi connectivity index (χ0v) is 21.5. The number of hydrogen-bond acceptors (Lipinski definition) is 5. The molecule has 1 fully saturated rings. The molecule has 36 heavy (non-hydrogen) atoms. The average Bonchev–Trinajstić information content (AvgIpc) is 2.92. The molecule has 4 rings (SSSR count). The van der Waals surface area contributed by atoms with Crippen LogP contribution in [0.4, 0.5) is 0 Å². The largest absolute Gasteiger partial charge is 0.496 e. The van der Waals surface area contributed by atoms with Gasteiger partial charge in [-0.1, -0.05) is 67.6 Å². The van der Waals surface area contributed by atoms with Gasteiger partial charge in [0.1, 0.15) is 29.6 Å². The summed E-state index contributed by atoms with van der Waals surface area (Å²) < 4.78 is 17.7. The molecule has 0 N–H and O–H groups in total. The van der Waals surface area contributed by atoms with Crippen molar-refractivity contribution in [2.24, 2.45) is 0 Å². The second-order valence-electron chi connectivity index (χ2n) is 9.14. The Morgan fingerprint density at radius 2 is 1.75 bits per heavy atom. The van der Waals surface area contributed by atoms with Crippen molar-refractivity contribution in [3.63, 3.8) is 0 Å². The van der Waals surface area contributed by atoms with Crippen LogP contribution in [-0.4, -0.2) is 37.5 Å². The summed E-state index contributed by atoms with van der Waals surface area (Å²) in [7, 11) is 3.31. The lowest BCUT2D eigenvalue weighted by Gasteiger charge is -2.34. The molecule has 1 atom stereocenters. The van der Waals surface area contributed by atoms with E-state index in [1.54, 1.807) is 21.1 Å². The number of nitrogens with zero attached hydrogens (tertiary/aromatic N) is 1. The van der Waals surface area contributed by atoms with E-state index in [-0.39, 0.29) is 11.8 Å². The summed E-state index contributed by atoms with van der Waals surface area (Å²) in [6.45, 7) is 7.59. The monoisotopic (exact) mass is 485 g/mol. The molecular formula is C31H35NO4. The molecule has 5 nitrogen and oxygen atoms in total. The lowest BCUT2D eigenvalue weighted by Crippen LogP contribution is -2.43. The summed E-state index contributed by atoms with van der Waals surface area (Å²) in [5.41, 5.74) is 5.30. The Kier molecular flexibility index (Phi) is 8.44. The van der Waals surface area contributed by atoms with Crippen LogP contribution in [0.15, 0.2) is 67.2 Å². The Morgan fingerprint density at radius 1 is 1.03 bits per heavy atom. The van der Waals surface area contributed by atoms with Gasteiger partial charge in [0, 0.05) is 18.7 Å². The van der Waals surface area contributed by atoms with Crippen molar-refractivity contribution in [1.29, 1.82) is 0 Å². The van der Waals surface area contributed by atoms with Gasteiger partial charge in [-0.15, -0.1) is 0 Å². The van der Waals surface area contributed by atoms with E-state index in [0.717, 1.165) is 53.6 Å². The van der Waals surface area contributed by atoms with E-state index in [1.165, 1.54) is 0 Å². The number of piperidine rings is 1. The minimum Gasteiger partial charge on any atom is -0.496 e. The lowest BCUT2D eigenvalue weighted by molar-refractivity contribution is -0.123. The molecular weight excluding hydrogens is 450 g/mol. The predicted molar refractivity (Wildman–Crippen MR) is 145 cm³/mol. The van der Waals surface area contributed by atoms with Crippen LogP contribution in [0, 0.1) is 0 Å². The molecule has 3 aromatic carbocycles. The Labute approximate surface area is 214 Å². The van der Waals surface area contributed by atoms with E-state index < -0.39 is 0 Å². The third kappa shape index (κ3) is 5.63. The summed E-state index contributed by atoms with van der Waals surface area (Å²) in [6.07, 6.45) is 4.95. The van der Waals surface area contributed by atoms with Crippen LogP contribution in [0.3, 0.4) is 0 Å². The number of carbonyl (C=O) groups excluding carboxylic acids is 1. The number of rotatable bonds is 10. The van der Waals surface area contributed by atoms with Crippen LogP contribution in [0.25, 0.3) is 17.2 Å². The first kappa shape index (κ1) is 25.5. The van der Waals surface area contributed by atoms with Crippen LogP contribution >= 0.6 is 0 Å². The Hall–Kier alpha value is -3.57. The molecule has 0 saturated carbocycles. The first-order valence-electron chi connectivity index (χ1n) is 12.5. The fourth-order valence-corrected chi connectivity index (χ4v) is 5.05. The highest BCUT2D eigenvalue weighted by atomic mass is 16.5. The van der Waals surface area contributed by atoms with E-state index in [4.69, 9.17) is 14.2 Å². The topological polar surface area (TPSA) is 48.0 Å². The molecule has 188 valence electrons. The molecule has 0 amide bonds. The number of carbonyl (C=O) groups is 1. The summed E-state index contributed by atoms with van der Waals surface area (Å²) in [5, 5.41) is 0. The number of hydrogen-bond donors (Lipinski definition) is 0. The molecule has 3 aromatic rings. The first-order valence-corrected chi connectivity index (χ1v) is 12.5. The van der Waals surface area contributed by atoms with Crippen molar-refractivity contribution < 1.29 is 19.0 Å². The van der Waals surface area contributed by atoms with Gasteiger partial charge >= 0.3 is 0 Å². The van der Waals surface area contributed by atoms with Gasteiger partial charge in [0.2, 0.25) is 0 Å². The summed E-state index contributed by atoms with van der Waals surface area (Å²) in [4.78, 5) is 14.5. The highest BCUT2D eigenvalue weighted by Crippen LogP contribution is 2.37. The molecule has 0 aromatic heterocycles. The minimum absolute atomic E-state index is 0.0571. The lowest BCUT2D eigenvalue weighted by atomic mass is 9.95. The smallest absolute Gasteiger partial charge is 0.146 e. The van der Waals surface area contributed by atoms with Crippen LogP contribution in [0.5, 0.6) is 17.2 Å². The third-order valence-corrected chi connectivity index (χ3v) is 6.91. The molecule has 1 aliphatic heterocycles. The van der Waals surface area contributed by atoms with Crippen LogP contribution in [0.2, 0.25) is 0 Å². The second-order valence-corrected chi connectivity index (χ2v) is 9.14. The van der Waals surface area contributed by atoms with Gasteiger partial charge in [0.25, 0.3) is 0 Å². The maximum atomic E-state index is 12.2. The average molecular weight is 486 g/mol. The number of methoxy groups -OCH3 is 2. The summed E-state index contributed by atoms with van der Waals surface area (Å²) in [6, 6.07) is 20.2. The molecule has 1 saturated heterocycles. The van der Waals surface area contributed by atoms with Crippen molar-refractivity contribution in [2.75, 3.05) is 20.8 Å². The van der Waals surface area contributed by atoms with Crippen LogP contribution < -0.4 is 14.2 Å². The molecule has 1 unspecified atom stereocenters. The molecule has 1 heterocycles. The quantitative estimate of drug-likeness (QED) is 0.326. The number of ether oxygens (including phenoxy) is 3. The van der Waals surface area contributed by atoms with Crippen LogP contribution in [-0.2, 0) is 17.9 Å². The maximum Gasteiger partial charge on any atom is 0.146 e. The fourth-order valence-electron chi connectivity index (χ4n) is 5.05. The molecule has 0 radical (unpaired) electrons. The zero-order valence-electron chi connectivity index (χ0n) is 21.5. The number of benzene rings is 3. The Balaban J connectivity index is 1.58. The van der Waals surface area contributed by atoms with E-state index >= 15 is 0 Å². The van der Waals surface area contributed by atoms with Crippen molar-refractivity contribution in [2.45, 2.75) is 45.4 Å². The second kappa shape index (κ2) is 11.9. The SMILES string of the molecule is C=Cc1c(COc2cc(OC)c(CN3CCCCC3C(C)=O)c(OC)c2)cccc1-c1ccccc1. The number of likely N-dealkylation sites (tertiary alicyclic amines) is 1. The number of Topliss-reactive ketones (excluding diaryl/α,β-unsaturated/α-hetero) is 1. The van der Waals surface area contributed by atoms with E-state index in [9.17, 15) is 4.79 Å². The van der Waals surface area contributed by atoms with Gasteiger partial charge in [-0.3, -0.25) is 9.69 Å². The van der Waals surface area contributed by atoms with Crippen molar-refractivity contribution in [3.8, 4) is 28.4 Å². The highest BCUT2D eigenvalue weighted by molar-refractivity contribution is 5.81. The van der Waals surface area contributed by atoms with Gasteiger partial charge in [0.15, 0.2) is 0 Å². The van der Waals surface area contributed by atoms with Gasteiger partial charge < -0.3 is 14.2 Å². The Bertz CT molecular complexity index is 1180. The molecule has 0 aliphatic carbocycles. The van der Waals surface area contributed by atoms with Gasteiger partial charge in [-0.05, 0) is 48.6 Å². The molecule has 0 spiro atoms. The molecule has 5 heteroatoms. The number of ketones is 1.